The molecule has 1 aromatic carbocycles. The summed E-state index contributed by atoms with van der Waals surface area (Å²) in [6.07, 6.45) is 0.564. The van der Waals surface area contributed by atoms with Gasteiger partial charge in [-0.25, -0.2) is 23.4 Å². The predicted molar refractivity (Wildman–Crippen MR) is 243 cm³/mol. The number of pyridine rings is 2. The van der Waals surface area contributed by atoms with Crippen LogP contribution < -0.4 is 27.7 Å². The maximum absolute atomic E-state index is 16.3. The van der Waals surface area contributed by atoms with Gasteiger partial charge in [0.1, 0.15) is 18.7 Å². The maximum atomic E-state index is 16.3. The van der Waals surface area contributed by atoms with Crippen LogP contribution in [0.4, 0.5) is 13.6 Å². The molecule has 3 aromatic rings. The largest absolute Gasteiger partial charge is 0.457 e. The Kier molecular flexibility index (Phi) is 15.8. The van der Waals surface area contributed by atoms with Gasteiger partial charge in [-0.1, -0.05) is 49.2 Å². The fourth-order valence-corrected chi connectivity index (χ4v) is 9.07. The highest BCUT2D eigenvalue weighted by Gasteiger charge is 2.51. The Bertz CT molecular complexity index is 2620. The number of fused-ring (bicyclic) bond motifs is 5. The summed E-state index contributed by atoms with van der Waals surface area (Å²) in [6.45, 7) is 2.98. The molecule has 0 bridgehead atoms. The van der Waals surface area contributed by atoms with Crippen molar-refractivity contribution in [2.75, 3.05) is 19.6 Å². The molecule has 0 saturated carbocycles. The van der Waals surface area contributed by atoms with E-state index in [9.17, 15) is 43.2 Å². The molecule has 0 saturated heterocycles. The maximum Gasteiger partial charge on any atom is 0.355 e. The number of unbranched alkanes of at least 4 members (excludes halogenated alkanes) is 2. The molecule has 3 atom stereocenters. The van der Waals surface area contributed by atoms with Gasteiger partial charge in [-0.15, -0.1) is 0 Å². The number of carbonyl (C=O) groups is 8. The van der Waals surface area contributed by atoms with E-state index in [-0.39, 0.29) is 56.4 Å². The first-order chi connectivity index (χ1) is 32.2. The van der Waals surface area contributed by atoms with Crippen molar-refractivity contribution in [1.29, 1.82) is 0 Å². The van der Waals surface area contributed by atoms with Crippen LogP contribution in [0.25, 0.3) is 22.3 Å². The molecule has 5 heterocycles. The Labute approximate surface area is 397 Å². The molecule has 2 aromatic heterocycles. The molecule has 68 heavy (non-hydrogen) atoms. The van der Waals surface area contributed by atoms with Gasteiger partial charge in [0.2, 0.25) is 23.3 Å². The lowest BCUT2D eigenvalue weighted by molar-refractivity contribution is -0.190. The second kappa shape index (κ2) is 21.2. The van der Waals surface area contributed by atoms with Crippen molar-refractivity contribution in [3.8, 4) is 11.4 Å². The highest BCUT2D eigenvalue weighted by atomic mass is 79.9. The minimum atomic E-state index is -3.91. The summed E-state index contributed by atoms with van der Waals surface area (Å²) in [6, 6.07) is 4.93. The van der Waals surface area contributed by atoms with E-state index in [1.54, 1.807) is 32.0 Å². The number of aromatic nitrogens is 2. The molecule has 7 amide bonds. The fourth-order valence-electron chi connectivity index (χ4n) is 8.60. The smallest absolute Gasteiger partial charge is 0.355 e. The number of imide groups is 1. The SMILES string of the molecule is CC[C@@]1(OC(=O)CCC(F)(F)CN(C(=O)[C@@H](NC(=O)CCCCCN2C(=O)C=CC2=O)C(C)C)[C@@H](CCCNC(N)=O)C(N)=O)C(=O)OCc2c1cc1n(c2=O)Cc2cc3c(Br)cccc3nc2-1. The number of nitrogens with one attached hydrogen (secondary N) is 2. The molecule has 22 heteroatoms. The molecule has 6 rings (SSSR count). The summed E-state index contributed by atoms with van der Waals surface area (Å²) in [7, 11) is 0. The summed E-state index contributed by atoms with van der Waals surface area (Å²) in [4.78, 5) is 123. The van der Waals surface area contributed by atoms with Gasteiger partial charge in [0.05, 0.1) is 42.0 Å². The van der Waals surface area contributed by atoms with Crippen LogP contribution in [-0.2, 0) is 61.8 Å². The van der Waals surface area contributed by atoms with Crippen molar-refractivity contribution >= 4 is 74.3 Å². The number of urea groups is 1. The van der Waals surface area contributed by atoms with Crippen molar-refractivity contribution in [2.24, 2.45) is 17.4 Å². The second-order valence-electron chi connectivity index (χ2n) is 17.3. The van der Waals surface area contributed by atoms with Crippen LogP contribution in [0.15, 0.2) is 51.8 Å². The predicted octanol–water partition coefficient (Wildman–Crippen LogP) is 3.57. The topological polar surface area (TPSA) is 272 Å². The Balaban J connectivity index is 1.18. The average molecular weight is 1010 g/mol. The zero-order valence-electron chi connectivity index (χ0n) is 37.7. The number of esters is 2. The Morgan fingerprint density at radius 3 is 2.40 bits per heavy atom. The van der Waals surface area contributed by atoms with Gasteiger partial charge in [-0.05, 0) is 62.3 Å². The number of carbonyl (C=O) groups excluding carboxylic acids is 8. The Morgan fingerprint density at radius 2 is 1.74 bits per heavy atom. The van der Waals surface area contributed by atoms with Crippen LogP contribution in [0.3, 0.4) is 0 Å². The zero-order valence-corrected chi connectivity index (χ0v) is 39.3. The molecule has 364 valence electrons. The molecule has 0 aliphatic carbocycles. The van der Waals surface area contributed by atoms with Crippen LogP contribution in [0, 0.1) is 5.92 Å². The number of halogens is 3. The van der Waals surface area contributed by atoms with Gasteiger partial charge in [0.15, 0.2) is 0 Å². The normalized spacial score (nSPS) is 17.0. The van der Waals surface area contributed by atoms with Crippen molar-refractivity contribution < 1.29 is 56.6 Å². The first-order valence-electron chi connectivity index (χ1n) is 22.3. The van der Waals surface area contributed by atoms with Crippen molar-refractivity contribution in [1.82, 2.24) is 30.0 Å². The Hall–Kier alpha value is -6.58. The summed E-state index contributed by atoms with van der Waals surface area (Å²) < 4.78 is 46.0. The third-order valence-corrected chi connectivity index (χ3v) is 12.9. The first kappa shape index (κ1) is 50.8. The number of nitrogens with zero attached hydrogens (tertiary/aromatic N) is 4. The highest BCUT2D eigenvalue weighted by molar-refractivity contribution is 9.10. The van der Waals surface area contributed by atoms with Gasteiger partial charge < -0.3 is 41.0 Å². The van der Waals surface area contributed by atoms with Gasteiger partial charge >= 0.3 is 18.0 Å². The number of hydrogen-bond acceptors (Lipinski definition) is 12. The summed E-state index contributed by atoms with van der Waals surface area (Å²) in [5, 5.41) is 5.71. The monoisotopic (exact) mass is 1010 g/mol. The van der Waals surface area contributed by atoms with Gasteiger partial charge in [-0.3, -0.25) is 38.5 Å². The molecule has 0 unspecified atom stereocenters. The molecular formula is C46H53BrF2N8O11. The number of ether oxygens (including phenoxy) is 2. The molecule has 0 radical (unpaired) electrons. The quantitative estimate of drug-likeness (QED) is 0.0500. The summed E-state index contributed by atoms with van der Waals surface area (Å²) in [5.74, 6) is -10.6. The van der Waals surface area contributed by atoms with Crippen LogP contribution in [0.2, 0.25) is 0 Å². The average Bonchev–Trinajstić information content (AvgIpc) is 3.81. The number of cyclic esters (lactones) is 1. The van der Waals surface area contributed by atoms with E-state index < -0.39 is 109 Å². The van der Waals surface area contributed by atoms with E-state index in [0.29, 0.717) is 41.1 Å². The van der Waals surface area contributed by atoms with Crippen LogP contribution >= 0.6 is 15.9 Å². The van der Waals surface area contributed by atoms with E-state index in [4.69, 9.17) is 25.9 Å². The van der Waals surface area contributed by atoms with Crippen molar-refractivity contribution in [3.05, 3.63) is 74.0 Å². The molecular weight excluding hydrogens is 958 g/mol. The Morgan fingerprint density at radius 1 is 1.01 bits per heavy atom. The highest BCUT2D eigenvalue weighted by Crippen LogP contribution is 2.42. The third kappa shape index (κ3) is 11.1. The van der Waals surface area contributed by atoms with Crippen LogP contribution in [0.1, 0.15) is 95.2 Å². The number of hydrogen-bond donors (Lipinski definition) is 4. The van der Waals surface area contributed by atoms with E-state index in [0.717, 1.165) is 32.5 Å². The fraction of sp³-hybridized carbons (Fsp3) is 0.478. The minimum Gasteiger partial charge on any atom is -0.457 e. The van der Waals surface area contributed by atoms with Crippen molar-refractivity contribution in [3.63, 3.8) is 0 Å². The van der Waals surface area contributed by atoms with Crippen LogP contribution in [-0.4, -0.2) is 104 Å². The summed E-state index contributed by atoms with van der Waals surface area (Å²) in [5.41, 5.74) is 10.4. The third-order valence-electron chi connectivity index (χ3n) is 12.2. The lowest BCUT2D eigenvalue weighted by Crippen LogP contribution is -2.59. The van der Waals surface area contributed by atoms with Crippen molar-refractivity contribution in [2.45, 2.75) is 115 Å². The van der Waals surface area contributed by atoms with E-state index in [1.807, 2.05) is 12.1 Å². The summed E-state index contributed by atoms with van der Waals surface area (Å²) >= 11 is 3.53. The number of nitrogens with two attached hydrogens (primary N) is 2. The van der Waals surface area contributed by atoms with Gasteiger partial charge in [0, 0.05) is 59.1 Å². The molecule has 6 N–H and O–H groups in total. The lowest BCUT2D eigenvalue weighted by Gasteiger charge is -2.37. The van der Waals surface area contributed by atoms with Gasteiger partial charge in [0.25, 0.3) is 23.3 Å². The number of alkyl halides is 2. The molecule has 0 fully saturated rings. The minimum absolute atomic E-state index is 0.0267. The van der Waals surface area contributed by atoms with Crippen LogP contribution in [0.5, 0.6) is 0 Å². The number of benzene rings is 1. The van der Waals surface area contributed by atoms with Gasteiger partial charge in [-0.2, -0.15) is 0 Å². The molecule has 3 aliphatic heterocycles. The molecule has 0 spiro atoms. The number of amides is 7. The molecule has 3 aliphatic rings. The number of primary amides is 2. The standard InChI is InChI=1S/C46H53BrF2N8O11/c1-4-46(29-21-33-39-26(20-27-30(47)10-8-11-31(27)53-39)22-56(33)41(63)28(29)23-67-43(46)65)68-37(61)16-17-45(48,49)24-57(32(40(50)62)12-9-18-52-44(51)66)42(64)38(25(2)3)54-34(58)13-6-5-7-19-55-35(59)14-15-36(55)60/h8,10-11,14-15,20-21,25,32,38H,4-7,9,12-13,16-19,22-24H2,1-3H3,(H2,50,62)(H,54,58)(H3,51,52,66)/t32-,38-,46-/m0/s1. The van der Waals surface area contributed by atoms with E-state index in [2.05, 4.69) is 26.6 Å². The lowest BCUT2D eigenvalue weighted by atomic mass is 9.85. The molecule has 19 nitrogen and oxygen atoms in total. The van der Waals surface area contributed by atoms with E-state index in [1.165, 1.54) is 11.5 Å². The van der Waals surface area contributed by atoms with E-state index >= 15 is 8.78 Å². The zero-order chi connectivity index (χ0) is 49.7. The number of rotatable bonds is 22. The second-order valence-corrected chi connectivity index (χ2v) is 18.1. The first-order valence-corrected chi connectivity index (χ1v) is 23.1.